The third kappa shape index (κ3) is 5.98. The number of hydrogen-bond acceptors (Lipinski definition) is 5. The third-order valence-electron chi connectivity index (χ3n) is 7.18. The van der Waals surface area contributed by atoms with Crippen LogP contribution in [0.5, 0.6) is 5.75 Å². The summed E-state index contributed by atoms with van der Waals surface area (Å²) in [5.41, 5.74) is 1.85. The Morgan fingerprint density at radius 3 is 2.24 bits per heavy atom. The van der Waals surface area contributed by atoms with Crippen molar-refractivity contribution in [2.24, 2.45) is 5.92 Å². The summed E-state index contributed by atoms with van der Waals surface area (Å²) in [6.45, 7) is 4.86. The standard InChI is InChI=1S/C26H35N3O4S/c1-20(28-18-14-22(15-19-28)5-4-21-6-10-24(30)11-7-21)26(31)27-23-8-12-25(13-9-23)34(32,33)29-16-2-3-17-29/h6-13,20,22,30H,2-5,14-19H2,1H3,(H,27,31)/t20-/m1/s1. The van der Waals surface area contributed by atoms with Gasteiger partial charge in [0.25, 0.3) is 0 Å². The number of rotatable bonds is 8. The zero-order valence-electron chi connectivity index (χ0n) is 19.8. The van der Waals surface area contributed by atoms with Crippen molar-refractivity contribution in [1.82, 2.24) is 9.21 Å². The number of piperidine rings is 1. The van der Waals surface area contributed by atoms with Crippen molar-refractivity contribution in [3.63, 3.8) is 0 Å². The zero-order valence-corrected chi connectivity index (χ0v) is 20.6. The molecule has 7 nitrogen and oxygen atoms in total. The SMILES string of the molecule is C[C@H](C(=O)Nc1ccc(S(=O)(=O)N2CCCC2)cc1)N1CCC(CCc2ccc(O)cc2)CC1. The van der Waals surface area contributed by atoms with Gasteiger partial charge in [-0.3, -0.25) is 9.69 Å². The van der Waals surface area contributed by atoms with Crippen LogP contribution in [0.15, 0.2) is 53.4 Å². The van der Waals surface area contributed by atoms with Crippen molar-refractivity contribution in [3.8, 4) is 5.75 Å². The van der Waals surface area contributed by atoms with Crippen LogP contribution in [-0.4, -0.2) is 60.9 Å². The number of nitrogens with zero attached hydrogens (tertiary/aromatic N) is 2. The Hall–Kier alpha value is -2.42. The minimum atomic E-state index is -3.45. The van der Waals surface area contributed by atoms with E-state index in [9.17, 15) is 18.3 Å². The predicted molar refractivity (Wildman–Crippen MR) is 133 cm³/mol. The van der Waals surface area contributed by atoms with Crippen LogP contribution in [0, 0.1) is 5.92 Å². The molecule has 2 fully saturated rings. The molecule has 2 N–H and O–H groups in total. The number of amides is 1. The van der Waals surface area contributed by atoms with E-state index in [1.54, 1.807) is 36.4 Å². The number of aromatic hydroxyl groups is 1. The minimum absolute atomic E-state index is 0.0716. The van der Waals surface area contributed by atoms with Gasteiger partial charge in [0.15, 0.2) is 0 Å². The number of nitrogens with one attached hydrogen (secondary N) is 1. The van der Waals surface area contributed by atoms with Crippen LogP contribution >= 0.6 is 0 Å². The van der Waals surface area contributed by atoms with Crippen LogP contribution in [0.1, 0.15) is 44.6 Å². The second-order valence-electron chi connectivity index (χ2n) is 9.49. The molecule has 0 spiro atoms. The summed E-state index contributed by atoms with van der Waals surface area (Å²) in [5, 5.41) is 12.4. The average Bonchev–Trinajstić information content (AvgIpc) is 3.40. The van der Waals surface area contributed by atoms with E-state index in [1.165, 1.54) is 9.87 Å². The Kier molecular flexibility index (Phi) is 7.91. The van der Waals surface area contributed by atoms with Crippen molar-refractivity contribution in [2.45, 2.75) is 56.4 Å². The maximum Gasteiger partial charge on any atom is 0.243 e. The maximum absolute atomic E-state index is 12.8. The molecule has 4 rings (SSSR count). The number of carbonyl (C=O) groups is 1. The second kappa shape index (κ2) is 10.9. The van der Waals surface area contributed by atoms with Crippen LogP contribution in [0.2, 0.25) is 0 Å². The second-order valence-corrected chi connectivity index (χ2v) is 11.4. The molecule has 34 heavy (non-hydrogen) atoms. The van der Waals surface area contributed by atoms with Gasteiger partial charge in [-0.2, -0.15) is 4.31 Å². The number of likely N-dealkylation sites (tertiary alicyclic amines) is 1. The Morgan fingerprint density at radius 2 is 1.62 bits per heavy atom. The molecule has 2 aromatic rings. The number of hydrogen-bond donors (Lipinski definition) is 2. The van der Waals surface area contributed by atoms with E-state index < -0.39 is 10.0 Å². The highest BCUT2D eigenvalue weighted by Gasteiger charge is 2.28. The average molecular weight is 486 g/mol. The van der Waals surface area contributed by atoms with E-state index in [1.807, 2.05) is 19.1 Å². The van der Waals surface area contributed by atoms with Gasteiger partial charge in [0, 0.05) is 18.8 Å². The number of carbonyl (C=O) groups excluding carboxylic acids is 1. The monoisotopic (exact) mass is 485 g/mol. The maximum atomic E-state index is 12.8. The molecule has 2 heterocycles. The summed E-state index contributed by atoms with van der Waals surface area (Å²) < 4.78 is 26.9. The van der Waals surface area contributed by atoms with Crippen LogP contribution in [0.3, 0.4) is 0 Å². The first kappa shape index (κ1) is 24.7. The first-order valence-electron chi connectivity index (χ1n) is 12.3. The highest BCUT2D eigenvalue weighted by atomic mass is 32.2. The molecule has 0 aromatic heterocycles. The Bertz CT molecular complexity index is 1060. The summed E-state index contributed by atoms with van der Waals surface area (Å²) in [6.07, 6.45) is 6.07. The van der Waals surface area contributed by atoms with Gasteiger partial charge in [-0.1, -0.05) is 12.1 Å². The number of phenolic OH excluding ortho intramolecular Hbond substituents is 1. The predicted octanol–water partition coefficient (Wildman–Crippen LogP) is 3.85. The number of phenols is 1. The van der Waals surface area contributed by atoms with Crippen LogP contribution < -0.4 is 5.32 Å². The molecule has 2 aliphatic rings. The molecule has 1 atom stereocenters. The number of anilines is 1. The molecule has 0 unspecified atom stereocenters. The molecular weight excluding hydrogens is 450 g/mol. The molecule has 0 radical (unpaired) electrons. The lowest BCUT2D eigenvalue weighted by atomic mass is 9.90. The van der Waals surface area contributed by atoms with E-state index in [4.69, 9.17) is 0 Å². The van der Waals surface area contributed by atoms with E-state index >= 15 is 0 Å². The largest absolute Gasteiger partial charge is 0.508 e. The Balaban J connectivity index is 1.24. The van der Waals surface area contributed by atoms with Gasteiger partial charge in [0.1, 0.15) is 5.75 Å². The lowest BCUT2D eigenvalue weighted by Gasteiger charge is -2.35. The summed E-state index contributed by atoms with van der Waals surface area (Å²) in [6, 6.07) is 13.7. The fourth-order valence-corrected chi connectivity index (χ4v) is 6.38. The summed E-state index contributed by atoms with van der Waals surface area (Å²) in [7, 11) is -3.45. The lowest BCUT2D eigenvalue weighted by molar-refractivity contribution is -0.121. The van der Waals surface area contributed by atoms with Crippen molar-refractivity contribution >= 4 is 21.6 Å². The van der Waals surface area contributed by atoms with Crippen LogP contribution in [0.4, 0.5) is 5.69 Å². The molecular formula is C26H35N3O4S. The highest BCUT2D eigenvalue weighted by Crippen LogP contribution is 2.25. The first-order chi connectivity index (χ1) is 16.3. The summed E-state index contributed by atoms with van der Waals surface area (Å²) in [5.74, 6) is 0.871. The van der Waals surface area contributed by atoms with E-state index in [0.717, 1.165) is 51.6 Å². The Morgan fingerprint density at radius 1 is 1.00 bits per heavy atom. The third-order valence-corrected chi connectivity index (χ3v) is 9.09. The van der Waals surface area contributed by atoms with E-state index in [0.29, 0.717) is 30.4 Å². The number of aryl methyl sites for hydroxylation is 1. The first-order valence-corrected chi connectivity index (χ1v) is 13.7. The number of benzene rings is 2. The molecule has 0 saturated carbocycles. The van der Waals surface area contributed by atoms with E-state index in [2.05, 4.69) is 10.2 Å². The smallest absolute Gasteiger partial charge is 0.243 e. The zero-order chi connectivity index (χ0) is 24.1. The fourth-order valence-electron chi connectivity index (χ4n) is 4.86. The van der Waals surface area contributed by atoms with Crippen molar-refractivity contribution in [2.75, 3.05) is 31.5 Å². The number of sulfonamides is 1. The highest BCUT2D eigenvalue weighted by molar-refractivity contribution is 7.89. The molecule has 8 heteroatoms. The van der Waals surface area contributed by atoms with Crippen molar-refractivity contribution < 1.29 is 18.3 Å². The fraction of sp³-hybridized carbons (Fsp3) is 0.500. The molecule has 0 aliphatic carbocycles. The van der Waals surface area contributed by atoms with Crippen molar-refractivity contribution in [1.29, 1.82) is 0 Å². The van der Waals surface area contributed by atoms with Gasteiger partial charge in [-0.25, -0.2) is 8.42 Å². The Labute approximate surface area is 202 Å². The molecule has 184 valence electrons. The lowest BCUT2D eigenvalue weighted by Crippen LogP contribution is -2.46. The van der Waals surface area contributed by atoms with E-state index in [-0.39, 0.29) is 16.8 Å². The molecule has 0 bridgehead atoms. The molecule has 2 aliphatic heterocycles. The van der Waals surface area contributed by atoms with Gasteiger partial charge in [0.2, 0.25) is 15.9 Å². The summed E-state index contributed by atoms with van der Waals surface area (Å²) in [4.78, 5) is 15.3. The van der Waals surface area contributed by atoms with Gasteiger partial charge in [-0.15, -0.1) is 0 Å². The van der Waals surface area contributed by atoms with Gasteiger partial charge >= 0.3 is 0 Å². The molecule has 2 saturated heterocycles. The topological polar surface area (TPSA) is 90.0 Å². The molecule has 1 amide bonds. The minimum Gasteiger partial charge on any atom is -0.508 e. The molecule has 2 aromatic carbocycles. The quantitative estimate of drug-likeness (QED) is 0.593. The summed E-state index contributed by atoms with van der Waals surface area (Å²) >= 11 is 0. The van der Waals surface area contributed by atoms with Gasteiger partial charge < -0.3 is 10.4 Å². The van der Waals surface area contributed by atoms with Crippen LogP contribution in [-0.2, 0) is 21.2 Å². The van der Waals surface area contributed by atoms with Crippen molar-refractivity contribution in [3.05, 3.63) is 54.1 Å². The van der Waals surface area contributed by atoms with Crippen LogP contribution in [0.25, 0.3) is 0 Å². The normalized spacial score (nSPS) is 19.2. The van der Waals surface area contributed by atoms with Gasteiger partial charge in [-0.05, 0) is 106 Å². The van der Waals surface area contributed by atoms with Gasteiger partial charge in [0.05, 0.1) is 10.9 Å².